The SMILES string of the molecule is C=CCCCC1=C(C)CC(C)(C)OC1=O.Cc1ccc(C#N)c(C)c1. The Morgan fingerprint density at radius 2 is 2.00 bits per heavy atom. The van der Waals surface area contributed by atoms with Crippen LogP contribution in [-0.4, -0.2) is 11.6 Å². The molecule has 3 nitrogen and oxygen atoms in total. The van der Waals surface area contributed by atoms with Gasteiger partial charge in [-0.05, 0) is 65.5 Å². The van der Waals surface area contributed by atoms with Gasteiger partial charge in [0, 0.05) is 12.0 Å². The minimum absolute atomic E-state index is 0.132. The zero-order valence-electron chi connectivity index (χ0n) is 16.1. The number of hydrogen-bond acceptors (Lipinski definition) is 3. The van der Waals surface area contributed by atoms with E-state index in [1.807, 2.05) is 58.9 Å². The van der Waals surface area contributed by atoms with Gasteiger partial charge in [-0.1, -0.05) is 29.3 Å². The van der Waals surface area contributed by atoms with Crippen LogP contribution in [0.5, 0.6) is 0 Å². The van der Waals surface area contributed by atoms with Gasteiger partial charge in [0.2, 0.25) is 0 Å². The molecule has 0 aromatic heterocycles. The monoisotopic (exact) mass is 339 g/mol. The Bertz CT molecular complexity index is 705. The Hall–Kier alpha value is -2.34. The van der Waals surface area contributed by atoms with Crippen LogP contribution in [0.3, 0.4) is 0 Å². The highest BCUT2D eigenvalue weighted by Crippen LogP contribution is 2.31. The molecule has 134 valence electrons. The van der Waals surface area contributed by atoms with Crippen molar-refractivity contribution in [1.29, 1.82) is 5.26 Å². The van der Waals surface area contributed by atoms with Gasteiger partial charge in [-0.25, -0.2) is 4.79 Å². The number of nitrogens with zero attached hydrogens (tertiary/aromatic N) is 1. The molecule has 1 aliphatic rings. The van der Waals surface area contributed by atoms with Gasteiger partial charge in [-0.15, -0.1) is 6.58 Å². The van der Waals surface area contributed by atoms with Gasteiger partial charge in [-0.2, -0.15) is 5.26 Å². The second kappa shape index (κ2) is 9.22. The van der Waals surface area contributed by atoms with Crippen molar-refractivity contribution in [2.24, 2.45) is 0 Å². The molecular weight excluding hydrogens is 310 g/mol. The topological polar surface area (TPSA) is 50.1 Å². The van der Waals surface area contributed by atoms with Gasteiger partial charge in [0.05, 0.1) is 11.6 Å². The number of carbonyl (C=O) groups is 1. The van der Waals surface area contributed by atoms with E-state index >= 15 is 0 Å². The van der Waals surface area contributed by atoms with Gasteiger partial charge >= 0.3 is 5.97 Å². The van der Waals surface area contributed by atoms with E-state index in [-0.39, 0.29) is 11.6 Å². The lowest BCUT2D eigenvalue weighted by atomic mass is 9.90. The number of allylic oxidation sites excluding steroid dienone is 1. The van der Waals surface area contributed by atoms with Crippen molar-refractivity contribution < 1.29 is 9.53 Å². The van der Waals surface area contributed by atoms with E-state index < -0.39 is 0 Å². The lowest BCUT2D eigenvalue weighted by Gasteiger charge is -2.31. The molecule has 0 atom stereocenters. The summed E-state index contributed by atoms with van der Waals surface area (Å²) in [6, 6.07) is 7.94. The number of ether oxygens (including phenoxy) is 1. The summed E-state index contributed by atoms with van der Waals surface area (Å²) in [5.74, 6) is -0.132. The Labute approximate surface area is 152 Å². The van der Waals surface area contributed by atoms with Crippen molar-refractivity contribution >= 4 is 5.97 Å². The number of unbranched alkanes of at least 4 members (excludes halogenated alkanes) is 1. The van der Waals surface area contributed by atoms with Crippen molar-refractivity contribution in [3.8, 4) is 6.07 Å². The molecular formula is C22H29NO2. The number of hydrogen-bond donors (Lipinski definition) is 0. The molecule has 1 aromatic carbocycles. The quantitative estimate of drug-likeness (QED) is 0.410. The highest BCUT2D eigenvalue weighted by atomic mass is 16.6. The zero-order chi connectivity index (χ0) is 19.0. The smallest absolute Gasteiger partial charge is 0.334 e. The maximum Gasteiger partial charge on any atom is 0.334 e. The van der Waals surface area contributed by atoms with E-state index in [1.54, 1.807) is 0 Å². The number of aryl methyl sites for hydroxylation is 2. The minimum Gasteiger partial charge on any atom is -0.456 e. The Kier molecular flexibility index (Phi) is 7.64. The van der Waals surface area contributed by atoms with E-state index in [9.17, 15) is 4.79 Å². The van der Waals surface area contributed by atoms with E-state index in [1.165, 1.54) is 11.1 Å². The molecule has 0 bridgehead atoms. The van der Waals surface area contributed by atoms with E-state index in [0.717, 1.165) is 42.4 Å². The van der Waals surface area contributed by atoms with Crippen molar-refractivity contribution in [2.75, 3.05) is 0 Å². The molecule has 0 aliphatic carbocycles. The molecule has 0 unspecified atom stereocenters. The van der Waals surface area contributed by atoms with Crippen LogP contribution in [0.2, 0.25) is 0 Å². The first-order valence-corrected chi connectivity index (χ1v) is 8.70. The number of benzene rings is 1. The third-order valence-corrected chi connectivity index (χ3v) is 4.16. The molecule has 1 heterocycles. The first-order chi connectivity index (χ1) is 11.7. The summed E-state index contributed by atoms with van der Waals surface area (Å²) in [6.07, 6.45) is 5.47. The number of carbonyl (C=O) groups excluding carboxylic acids is 1. The third kappa shape index (κ3) is 6.58. The van der Waals surface area contributed by atoms with Crippen LogP contribution in [0.1, 0.15) is 63.1 Å². The minimum atomic E-state index is -0.330. The van der Waals surface area contributed by atoms with Gasteiger partial charge in [0.25, 0.3) is 0 Å². The van der Waals surface area contributed by atoms with Crippen LogP contribution in [0.25, 0.3) is 0 Å². The van der Waals surface area contributed by atoms with Crippen LogP contribution in [0.15, 0.2) is 42.0 Å². The summed E-state index contributed by atoms with van der Waals surface area (Å²) in [5.41, 5.74) is 4.75. The molecule has 0 saturated heterocycles. The average Bonchev–Trinajstić information content (AvgIpc) is 2.50. The van der Waals surface area contributed by atoms with E-state index in [0.29, 0.717) is 0 Å². The normalized spacial score (nSPS) is 15.6. The molecule has 1 aliphatic heterocycles. The van der Waals surface area contributed by atoms with Crippen molar-refractivity contribution in [3.05, 3.63) is 58.7 Å². The number of esters is 1. The number of nitriles is 1. The lowest BCUT2D eigenvalue weighted by Crippen LogP contribution is -2.33. The van der Waals surface area contributed by atoms with Gasteiger partial charge in [0.15, 0.2) is 0 Å². The summed E-state index contributed by atoms with van der Waals surface area (Å²) in [5, 5.41) is 8.56. The third-order valence-electron chi connectivity index (χ3n) is 4.16. The van der Waals surface area contributed by atoms with Crippen molar-refractivity contribution in [1.82, 2.24) is 0 Å². The van der Waals surface area contributed by atoms with Crippen LogP contribution in [-0.2, 0) is 9.53 Å². The largest absolute Gasteiger partial charge is 0.456 e. The summed E-state index contributed by atoms with van der Waals surface area (Å²) >= 11 is 0. The van der Waals surface area contributed by atoms with E-state index in [4.69, 9.17) is 10.00 Å². The fraction of sp³-hybridized carbons (Fsp3) is 0.455. The molecule has 0 fully saturated rings. The molecule has 0 spiro atoms. The zero-order valence-corrected chi connectivity index (χ0v) is 16.1. The maximum absolute atomic E-state index is 11.7. The number of cyclic esters (lactones) is 1. The Balaban J connectivity index is 0.000000271. The summed E-state index contributed by atoms with van der Waals surface area (Å²) in [4.78, 5) is 11.7. The molecule has 3 heteroatoms. The second-order valence-electron chi connectivity index (χ2n) is 7.20. The lowest BCUT2D eigenvalue weighted by molar-refractivity contribution is -0.153. The van der Waals surface area contributed by atoms with Crippen LogP contribution in [0.4, 0.5) is 0 Å². The summed E-state index contributed by atoms with van der Waals surface area (Å²) in [7, 11) is 0. The molecule has 2 rings (SSSR count). The standard InChI is InChI=1S/C13H20O2.C9H9N/c1-5-6-7-8-11-10(2)9-13(3,4)15-12(11)14;1-7-3-4-9(6-10)8(2)5-7/h5H,1,6-9H2,2-4H3;3-5H,1-2H3. The molecule has 25 heavy (non-hydrogen) atoms. The van der Waals surface area contributed by atoms with Crippen LogP contribution >= 0.6 is 0 Å². The Morgan fingerprint density at radius 3 is 2.52 bits per heavy atom. The van der Waals surface area contributed by atoms with Crippen molar-refractivity contribution in [3.63, 3.8) is 0 Å². The molecule has 1 aromatic rings. The van der Waals surface area contributed by atoms with Gasteiger partial charge in [-0.3, -0.25) is 0 Å². The van der Waals surface area contributed by atoms with Crippen LogP contribution in [0, 0.1) is 25.2 Å². The first kappa shape index (κ1) is 20.7. The predicted octanol–water partition coefficient (Wildman–Crippen LogP) is 5.56. The molecule has 0 amide bonds. The Morgan fingerprint density at radius 1 is 1.32 bits per heavy atom. The fourth-order valence-electron chi connectivity index (χ4n) is 2.95. The highest BCUT2D eigenvalue weighted by Gasteiger charge is 2.31. The first-order valence-electron chi connectivity index (χ1n) is 8.70. The fourth-order valence-corrected chi connectivity index (χ4v) is 2.95. The molecule has 0 saturated carbocycles. The predicted molar refractivity (Wildman–Crippen MR) is 102 cm³/mol. The highest BCUT2D eigenvalue weighted by molar-refractivity contribution is 5.90. The van der Waals surface area contributed by atoms with Gasteiger partial charge < -0.3 is 4.74 Å². The summed E-state index contributed by atoms with van der Waals surface area (Å²) < 4.78 is 5.36. The summed E-state index contributed by atoms with van der Waals surface area (Å²) in [6.45, 7) is 13.6. The van der Waals surface area contributed by atoms with E-state index in [2.05, 4.69) is 12.6 Å². The molecule has 0 N–H and O–H groups in total. The van der Waals surface area contributed by atoms with Gasteiger partial charge in [0.1, 0.15) is 5.60 Å². The maximum atomic E-state index is 11.7. The average molecular weight is 339 g/mol. The second-order valence-corrected chi connectivity index (χ2v) is 7.20. The van der Waals surface area contributed by atoms with Crippen molar-refractivity contribution in [2.45, 2.75) is 65.9 Å². The molecule has 0 radical (unpaired) electrons. The number of rotatable bonds is 4. The van der Waals surface area contributed by atoms with Crippen LogP contribution < -0.4 is 0 Å².